The fraction of sp³-hybridized carbons (Fsp3) is 0.348. The summed E-state index contributed by atoms with van der Waals surface area (Å²) in [4.78, 5) is 38.7. The van der Waals surface area contributed by atoms with E-state index in [2.05, 4.69) is 5.32 Å². The smallest absolute Gasteiger partial charge is 0.330 e. The summed E-state index contributed by atoms with van der Waals surface area (Å²) in [7, 11) is 0. The van der Waals surface area contributed by atoms with Crippen LogP contribution < -0.4 is 5.32 Å². The Kier molecular flexibility index (Phi) is 5.81. The number of carbonyl (C=O) groups is 3. The summed E-state index contributed by atoms with van der Waals surface area (Å²) in [6, 6.07) is 18.3. The predicted octanol–water partition coefficient (Wildman–Crippen LogP) is 2.89. The molecule has 2 amide bonds. The highest BCUT2D eigenvalue weighted by Gasteiger charge is 2.53. The lowest BCUT2D eigenvalue weighted by molar-refractivity contribution is -0.156. The molecule has 2 fully saturated rings. The summed E-state index contributed by atoms with van der Waals surface area (Å²) in [5, 5.41) is 2.96. The highest BCUT2D eigenvalue weighted by atomic mass is 32.2. The van der Waals surface area contributed by atoms with E-state index in [1.54, 1.807) is 16.7 Å². The van der Waals surface area contributed by atoms with E-state index in [4.69, 9.17) is 4.74 Å². The first-order valence-electron chi connectivity index (χ1n) is 10.00. The molecule has 2 aromatic carbocycles. The van der Waals surface area contributed by atoms with Crippen LogP contribution in [0.4, 0.5) is 0 Å². The van der Waals surface area contributed by atoms with Crippen molar-refractivity contribution in [1.29, 1.82) is 0 Å². The highest BCUT2D eigenvalue weighted by molar-refractivity contribution is 8.01. The predicted molar refractivity (Wildman–Crippen MR) is 115 cm³/mol. The van der Waals surface area contributed by atoms with Gasteiger partial charge in [0.2, 0.25) is 5.91 Å². The second kappa shape index (κ2) is 8.52. The number of ether oxygens (including phenoxy) is 1. The van der Waals surface area contributed by atoms with E-state index in [0.717, 1.165) is 17.5 Å². The summed E-state index contributed by atoms with van der Waals surface area (Å²) in [6.07, 6.45) is 1.18. The lowest BCUT2D eigenvalue weighted by Crippen LogP contribution is -2.47. The molecular formula is C23H24N2O4S. The van der Waals surface area contributed by atoms with Gasteiger partial charge in [-0.25, -0.2) is 4.79 Å². The maximum Gasteiger partial charge on any atom is 0.330 e. The van der Waals surface area contributed by atoms with E-state index in [9.17, 15) is 14.4 Å². The van der Waals surface area contributed by atoms with Crippen molar-refractivity contribution in [3.63, 3.8) is 0 Å². The van der Waals surface area contributed by atoms with E-state index in [1.165, 1.54) is 0 Å². The molecule has 2 heterocycles. The van der Waals surface area contributed by atoms with Crippen molar-refractivity contribution < 1.29 is 19.1 Å². The Bertz CT molecular complexity index is 897. The van der Waals surface area contributed by atoms with E-state index >= 15 is 0 Å². The molecule has 0 bridgehead atoms. The van der Waals surface area contributed by atoms with Crippen molar-refractivity contribution in [2.45, 2.75) is 36.7 Å². The lowest BCUT2D eigenvalue weighted by atomic mass is 9.99. The van der Waals surface area contributed by atoms with E-state index < -0.39 is 12.0 Å². The molecule has 30 heavy (non-hydrogen) atoms. The number of thioether (sulfide) groups is 1. The Morgan fingerprint density at radius 1 is 1.13 bits per heavy atom. The van der Waals surface area contributed by atoms with Gasteiger partial charge in [-0.15, -0.1) is 11.8 Å². The normalized spacial score (nSPS) is 22.8. The number of amides is 2. The summed E-state index contributed by atoms with van der Waals surface area (Å²) < 4.78 is 5.30. The molecule has 2 aliphatic rings. The average molecular weight is 425 g/mol. The third-order valence-electron chi connectivity index (χ3n) is 5.63. The summed E-state index contributed by atoms with van der Waals surface area (Å²) >= 11 is 1.60. The van der Waals surface area contributed by atoms with Crippen LogP contribution in [0.5, 0.6) is 0 Å². The van der Waals surface area contributed by atoms with E-state index in [-0.39, 0.29) is 29.3 Å². The third kappa shape index (κ3) is 4.07. The fourth-order valence-electron chi connectivity index (χ4n) is 4.08. The minimum atomic E-state index is -0.623. The standard InChI is InChI=1S/C23H24N2O4S/c1-23-13-12-20(27)25(23)18(15-30-23)22(28)29-14-19(26)24-21(16-8-4-2-5-9-16)17-10-6-3-7-11-17/h2-11,18,21H,12-15H2,1H3,(H,24,26)/t18-,23+/m1/s1. The molecule has 7 heteroatoms. The van der Waals surface area contributed by atoms with Crippen LogP contribution in [0.2, 0.25) is 0 Å². The van der Waals surface area contributed by atoms with Crippen LogP contribution in [-0.4, -0.2) is 46.0 Å². The molecule has 1 N–H and O–H groups in total. The van der Waals surface area contributed by atoms with Gasteiger partial charge in [-0.1, -0.05) is 60.7 Å². The molecule has 0 unspecified atom stereocenters. The molecule has 0 spiro atoms. The minimum Gasteiger partial charge on any atom is -0.454 e. The van der Waals surface area contributed by atoms with Gasteiger partial charge in [0.1, 0.15) is 6.04 Å². The molecule has 2 atom stereocenters. The molecule has 2 aliphatic heterocycles. The average Bonchev–Trinajstić information content (AvgIpc) is 3.27. The number of hydrogen-bond donors (Lipinski definition) is 1. The van der Waals surface area contributed by atoms with Gasteiger partial charge in [-0.3, -0.25) is 9.59 Å². The number of fused-ring (bicyclic) bond motifs is 1. The zero-order valence-corrected chi connectivity index (χ0v) is 17.6. The number of esters is 1. The molecule has 2 aromatic rings. The Balaban J connectivity index is 1.40. The van der Waals surface area contributed by atoms with Gasteiger partial charge in [0.15, 0.2) is 6.61 Å². The Morgan fingerprint density at radius 2 is 1.73 bits per heavy atom. The molecule has 6 nitrogen and oxygen atoms in total. The molecule has 0 aliphatic carbocycles. The first kappa shape index (κ1) is 20.5. The molecule has 4 rings (SSSR count). The highest BCUT2D eigenvalue weighted by Crippen LogP contribution is 2.47. The summed E-state index contributed by atoms with van der Waals surface area (Å²) in [5.74, 6) is -0.434. The van der Waals surface area contributed by atoms with Crippen LogP contribution in [0.25, 0.3) is 0 Å². The van der Waals surface area contributed by atoms with Crippen molar-refractivity contribution in [3.8, 4) is 0 Å². The number of benzene rings is 2. The van der Waals surface area contributed by atoms with E-state index in [0.29, 0.717) is 12.2 Å². The van der Waals surface area contributed by atoms with E-state index in [1.807, 2.05) is 67.6 Å². The number of hydrogen-bond acceptors (Lipinski definition) is 5. The molecule has 156 valence electrons. The van der Waals surface area contributed by atoms with Crippen LogP contribution in [0, 0.1) is 0 Å². The Morgan fingerprint density at radius 3 is 2.33 bits per heavy atom. The van der Waals surface area contributed by atoms with Gasteiger partial charge in [0.25, 0.3) is 5.91 Å². The molecule has 2 saturated heterocycles. The molecular weight excluding hydrogens is 400 g/mol. The van der Waals surface area contributed by atoms with Crippen molar-refractivity contribution >= 4 is 29.5 Å². The molecule has 0 aromatic heterocycles. The van der Waals surface area contributed by atoms with Crippen molar-refractivity contribution in [2.75, 3.05) is 12.4 Å². The number of carbonyl (C=O) groups excluding carboxylic acids is 3. The largest absolute Gasteiger partial charge is 0.454 e. The van der Waals surface area contributed by atoms with Crippen LogP contribution in [0.15, 0.2) is 60.7 Å². The van der Waals surface area contributed by atoms with Crippen molar-refractivity contribution in [3.05, 3.63) is 71.8 Å². The zero-order valence-electron chi connectivity index (χ0n) is 16.7. The van der Waals surface area contributed by atoms with Gasteiger partial charge < -0.3 is 15.0 Å². The Labute approximate surface area is 180 Å². The SMILES string of the molecule is C[C@]12CCC(=O)N1[C@@H](C(=O)OCC(=O)NC(c1ccccc1)c1ccccc1)CS2. The monoisotopic (exact) mass is 424 g/mol. The van der Waals surface area contributed by atoms with Gasteiger partial charge in [0, 0.05) is 12.2 Å². The number of nitrogens with zero attached hydrogens (tertiary/aromatic N) is 1. The second-order valence-electron chi connectivity index (χ2n) is 7.70. The Hall–Kier alpha value is -2.80. The molecule has 0 radical (unpaired) electrons. The van der Waals surface area contributed by atoms with Gasteiger partial charge in [0.05, 0.1) is 10.9 Å². The van der Waals surface area contributed by atoms with Crippen molar-refractivity contribution in [2.24, 2.45) is 0 Å². The topological polar surface area (TPSA) is 75.7 Å². The number of nitrogens with one attached hydrogen (secondary N) is 1. The first-order valence-corrected chi connectivity index (χ1v) is 11.0. The summed E-state index contributed by atoms with van der Waals surface area (Å²) in [5.41, 5.74) is 1.88. The summed E-state index contributed by atoms with van der Waals surface area (Å²) in [6.45, 7) is 1.60. The number of rotatable bonds is 6. The molecule has 0 saturated carbocycles. The second-order valence-corrected chi connectivity index (χ2v) is 9.20. The quantitative estimate of drug-likeness (QED) is 0.722. The lowest BCUT2D eigenvalue weighted by Gasteiger charge is -2.29. The van der Waals surface area contributed by atoms with Gasteiger partial charge >= 0.3 is 5.97 Å². The van der Waals surface area contributed by atoms with Crippen LogP contribution in [-0.2, 0) is 19.1 Å². The fourth-order valence-corrected chi connectivity index (χ4v) is 5.50. The van der Waals surface area contributed by atoms with Crippen LogP contribution in [0.1, 0.15) is 36.9 Å². The maximum absolute atomic E-state index is 12.6. The third-order valence-corrected chi connectivity index (χ3v) is 7.14. The minimum absolute atomic E-state index is 0.0258. The van der Waals surface area contributed by atoms with Crippen LogP contribution in [0.3, 0.4) is 0 Å². The first-order chi connectivity index (χ1) is 14.5. The van der Waals surface area contributed by atoms with Gasteiger partial charge in [-0.2, -0.15) is 0 Å². The van der Waals surface area contributed by atoms with Crippen molar-refractivity contribution in [1.82, 2.24) is 10.2 Å². The van der Waals surface area contributed by atoms with Gasteiger partial charge in [-0.05, 0) is 24.5 Å². The maximum atomic E-state index is 12.6. The zero-order chi connectivity index (χ0) is 21.1. The van der Waals surface area contributed by atoms with Crippen LogP contribution >= 0.6 is 11.8 Å².